The first-order valence-corrected chi connectivity index (χ1v) is 10.7. The monoisotopic (exact) mass is 552 g/mol. The second-order valence-corrected chi connectivity index (χ2v) is 7.53. The van der Waals surface area contributed by atoms with Crippen LogP contribution in [0.25, 0.3) is 0 Å². The first-order chi connectivity index (χ1) is 14.1. The first-order valence-electron chi connectivity index (χ1n) is 10.3. The number of nitrogens with one attached hydrogen (secondary N) is 3. The molecule has 2 rings (SSSR count). The van der Waals surface area contributed by atoms with Crippen LogP contribution in [0.15, 0.2) is 23.2 Å². The number of ether oxygens (including phenoxy) is 2. The molecule has 1 unspecified atom stereocenters. The van der Waals surface area contributed by atoms with Crippen LogP contribution < -0.4 is 16.0 Å². The van der Waals surface area contributed by atoms with E-state index in [0.29, 0.717) is 48.7 Å². The second kappa shape index (κ2) is 15.7. The largest absolute Gasteiger partial charge is 0.381 e. The fourth-order valence-corrected chi connectivity index (χ4v) is 3.17. The van der Waals surface area contributed by atoms with Crippen molar-refractivity contribution in [3.8, 4) is 0 Å². The van der Waals surface area contributed by atoms with Crippen molar-refractivity contribution in [2.24, 2.45) is 10.9 Å². The number of amides is 1. The van der Waals surface area contributed by atoms with Crippen molar-refractivity contribution >= 4 is 53.1 Å². The number of guanidine groups is 1. The number of anilines is 1. The van der Waals surface area contributed by atoms with Gasteiger partial charge in [-0.25, -0.2) is 0 Å². The van der Waals surface area contributed by atoms with Gasteiger partial charge < -0.3 is 25.4 Å². The molecule has 1 aliphatic rings. The van der Waals surface area contributed by atoms with Gasteiger partial charge in [0.25, 0.3) is 0 Å². The lowest BCUT2D eigenvalue weighted by atomic mass is 10.1. The molecule has 0 radical (unpaired) electrons. The lowest BCUT2D eigenvalue weighted by Crippen LogP contribution is -2.38. The van der Waals surface area contributed by atoms with Gasteiger partial charge in [-0.15, -0.1) is 24.0 Å². The molecule has 0 spiro atoms. The highest BCUT2D eigenvalue weighted by Gasteiger charge is 2.15. The molecule has 1 atom stereocenters. The van der Waals surface area contributed by atoms with E-state index in [2.05, 4.69) is 20.9 Å². The summed E-state index contributed by atoms with van der Waals surface area (Å²) in [5, 5.41) is 9.75. The van der Waals surface area contributed by atoms with Gasteiger partial charge in [0.15, 0.2) is 5.96 Å². The Morgan fingerprint density at radius 1 is 1.37 bits per heavy atom. The van der Waals surface area contributed by atoms with Crippen molar-refractivity contribution in [1.82, 2.24) is 10.6 Å². The Kier molecular flexibility index (Phi) is 14.1. The highest BCUT2D eigenvalue weighted by atomic mass is 127. The van der Waals surface area contributed by atoms with Crippen molar-refractivity contribution < 1.29 is 14.3 Å². The number of nitrogens with zero attached hydrogens (tertiary/aromatic N) is 1. The fourth-order valence-electron chi connectivity index (χ4n) is 2.89. The molecule has 170 valence electrons. The Balaban J connectivity index is 0.00000450. The number of aliphatic imine (C=N–C) groups is 1. The fraction of sp³-hybridized carbons (Fsp3) is 0.619. The van der Waals surface area contributed by atoms with Crippen LogP contribution in [-0.2, 0) is 14.3 Å². The van der Waals surface area contributed by atoms with Crippen LogP contribution in [0.1, 0.15) is 31.7 Å². The number of rotatable bonds is 11. The van der Waals surface area contributed by atoms with Crippen LogP contribution in [0.3, 0.4) is 0 Å². The van der Waals surface area contributed by atoms with Crippen LogP contribution >= 0.6 is 35.6 Å². The van der Waals surface area contributed by atoms with E-state index in [1.54, 1.807) is 0 Å². The molecule has 1 aliphatic heterocycles. The molecular weight excluding hydrogens is 519 g/mol. The third-order valence-corrected chi connectivity index (χ3v) is 4.79. The molecule has 1 fully saturated rings. The normalized spacial score (nSPS) is 16.1. The van der Waals surface area contributed by atoms with Crippen molar-refractivity contribution in [2.45, 2.75) is 33.1 Å². The van der Waals surface area contributed by atoms with Crippen LogP contribution in [0.5, 0.6) is 0 Å². The number of aryl methyl sites for hydroxylation is 1. The van der Waals surface area contributed by atoms with Gasteiger partial charge in [-0.1, -0.05) is 17.7 Å². The molecule has 0 saturated carbocycles. The predicted octanol–water partition coefficient (Wildman–Crippen LogP) is 3.59. The van der Waals surface area contributed by atoms with Gasteiger partial charge in [-0.05, 0) is 44.4 Å². The van der Waals surface area contributed by atoms with Gasteiger partial charge in [-0.3, -0.25) is 9.79 Å². The highest BCUT2D eigenvalue weighted by molar-refractivity contribution is 14.0. The van der Waals surface area contributed by atoms with E-state index in [9.17, 15) is 4.79 Å². The summed E-state index contributed by atoms with van der Waals surface area (Å²) in [6.45, 7) is 9.01. The smallest absolute Gasteiger partial charge is 0.226 e. The maximum atomic E-state index is 12.1. The van der Waals surface area contributed by atoms with Crippen molar-refractivity contribution in [3.05, 3.63) is 28.8 Å². The molecule has 1 heterocycles. The Morgan fingerprint density at radius 2 is 2.20 bits per heavy atom. The van der Waals surface area contributed by atoms with Crippen LogP contribution in [0.4, 0.5) is 5.69 Å². The standard InChI is InChI=1S/C21H33ClN4O3.HI/c1-3-23-21(24-9-4-11-28-14-17-8-12-29-15-17)25-10-7-20(27)26-19-6-5-16(2)13-18(19)22;/h5-6,13,17H,3-4,7-12,14-15H2,1-2H3,(H,26,27)(H2,23,24,25);1H. The Bertz CT molecular complexity index is 670. The highest BCUT2D eigenvalue weighted by Crippen LogP contribution is 2.22. The zero-order chi connectivity index (χ0) is 20.9. The SMILES string of the molecule is CCNC(=NCCCOCC1CCOC1)NCCC(=O)Nc1ccc(C)cc1Cl.I. The maximum absolute atomic E-state index is 12.1. The Labute approximate surface area is 201 Å². The molecule has 3 N–H and O–H groups in total. The number of halogens is 2. The second-order valence-electron chi connectivity index (χ2n) is 7.13. The number of hydrogen-bond acceptors (Lipinski definition) is 4. The van der Waals surface area contributed by atoms with E-state index >= 15 is 0 Å². The lowest BCUT2D eigenvalue weighted by molar-refractivity contribution is -0.116. The summed E-state index contributed by atoms with van der Waals surface area (Å²) in [6.07, 6.45) is 2.27. The molecule has 0 bridgehead atoms. The van der Waals surface area contributed by atoms with Crippen molar-refractivity contribution in [3.63, 3.8) is 0 Å². The zero-order valence-corrected chi connectivity index (χ0v) is 20.9. The number of carbonyl (C=O) groups excluding carboxylic acids is 1. The quantitative estimate of drug-likeness (QED) is 0.169. The first kappa shape index (κ1) is 26.9. The van der Waals surface area contributed by atoms with E-state index in [4.69, 9.17) is 21.1 Å². The number of carbonyl (C=O) groups is 1. The van der Waals surface area contributed by atoms with E-state index in [0.717, 1.165) is 44.8 Å². The molecule has 0 aromatic heterocycles. The zero-order valence-electron chi connectivity index (χ0n) is 17.8. The number of benzene rings is 1. The predicted molar refractivity (Wildman–Crippen MR) is 133 cm³/mol. The van der Waals surface area contributed by atoms with Gasteiger partial charge in [-0.2, -0.15) is 0 Å². The molecule has 0 aliphatic carbocycles. The summed E-state index contributed by atoms with van der Waals surface area (Å²) >= 11 is 6.15. The molecule has 1 amide bonds. The molecule has 1 saturated heterocycles. The Hall–Kier alpha value is -1.10. The van der Waals surface area contributed by atoms with Crippen molar-refractivity contribution in [2.75, 3.05) is 51.4 Å². The van der Waals surface area contributed by atoms with Gasteiger partial charge in [0.1, 0.15) is 0 Å². The molecular formula is C21H34ClIN4O3. The third kappa shape index (κ3) is 10.8. The summed E-state index contributed by atoms with van der Waals surface area (Å²) < 4.78 is 11.0. The summed E-state index contributed by atoms with van der Waals surface area (Å²) in [5.41, 5.74) is 1.69. The van der Waals surface area contributed by atoms with E-state index in [-0.39, 0.29) is 29.9 Å². The Morgan fingerprint density at radius 3 is 2.90 bits per heavy atom. The van der Waals surface area contributed by atoms with E-state index < -0.39 is 0 Å². The average Bonchev–Trinajstić information content (AvgIpc) is 3.20. The topological polar surface area (TPSA) is 84.0 Å². The summed E-state index contributed by atoms with van der Waals surface area (Å²) in [6, 6.07) is 5.56. The molecule has 9 heteroatoms. The van der Waals surface area contributed by atoms with Gasteiger partial charge in [0.05, 0.1) is 23.9 Å². The third-order valence-electron chi connectivity index (χ3n) is 4.48. The molecule has 7 nitrogen and oxygen atoms in total. The van der Waals surface area contributed by atoms with E-state index in [1.165, 1.54) is 0 Å². The van der Waals surface area contributed by atoms with Gasteiger partial charge in [0.2, 0.25) is 5.91 Å². The average molecular weight is 553 g/mol. The van der Waals surface area contributed by atoms with Crippen LogP contribution in [0, 0.1) is 12.8 Å². The van der Waals surface area contributed by atoms with Gasteiger partial charge in [0, 0.05) is 45.2 Å². The van der Waals surface area contributed by atoms with Crippen LogP contribution in [0.2, 0.25) is 5.02 Å². The van der Waals surface area contributed by atoms with Crippen molar-refractivity contribution in [1.29, 1.82) is 0 Å². The van der Waals surface area contributed by atoms with Gasteiger partial charge >= 0.3 is 0 Å². The minimum atomic E-state index is -0.0941. The van der Waals surface area contributed by atoms with Crippen LogP contribution in [-0.4, -0.2) is 57.9 Å². The summed E-state index contributed by atoms with van der Waals surface area (Å²) in [7, 11) is 0. The maximum Gasteiger partial charge on any atom is 0.226 e. The number of hydrogen-bond donors (Lipinski definition) is 3. The molecule has 1 aromatic rings. The minimum absolute atomic E-state index is 0. The summed E-state index contributed by atoms with van der Waals surface area (Å²) in [4.78, 5) is 16.7. The molecule has 1 aromatic carbocycles. The lowest BCUT2D eigenvalue weighted by Gasteiger charge is -2.12. The summed E-state index contributed by atoms with van der Waals surface area (Å²) in [5.74, 6) is 1.15. The van der Waals surface area contributed by atoms with E-state index in [1.807, 2.05) is 32.0 Å². The molecule has 30 heavy (non-hydrogen) atoms. The minimum Gasteiger partial charge on any atom is -0.381 e.